The van der Waals surface area contributed by atoms with Crippen LogP contribution in [0.25, 0.3) is 33.7 Å². The Bertz CT molecular complexity index is 1310. The second-order valence-electron chi connectivity index (χ2n) is 8.28. The number of rotatable bonds is 7. The van der Waals surface area contributed by atoms with E-state index in [9.17, 15) is 18.0 Å². The first-order valence-electron chi connectivity index (χ1n) is 10.5. The van der Waals surface area contributed by atoms with Crippen molar-refractivity contribution >= 4 is 16.9 Å². The molecule has 6 nitrogen and oxygen atoms in total. The van der Waals surface area contributed by atoms with E-state index in [2.05, 4.69) is 10.1 Å². The van der Waals surface area contributed by atoms with Crippen LogP contribution >= 0.6 is 0 Å². The van der Waals surface area contributed by atoms with Gasteiger partial charge in [-0.1, -0.05) is 37.2 Å². The zero-order chi connectivity index (χ0) is 23.8. The lowest BCUT2D eigenvalue weighted by molar-refractivity contribution is -0.138. The molecule has 4 aromatic rings. The summed E-state index contributed by atoms with van der Waals surface area (Å²) in [4.78, 5) is 15.2. The quantitative estimate of drug-likeness (QED) is 0.365. The van der Waals surface area contributed by atoms with E-state index in [0.29, 0.717) is 18.5 Å². The summed E-state index contributed by atoms with van der Waals surface area (Å²) in [7, 11) is 0. The number of aliphatic carboxylic acids is 1. The molecule has 0 atom stereocenters. The van der Waals surface area contributed by atoms with Crippen LogP contribution in [0, 0.1) is 5.92 Å². The molecule has 0 amide bonds. The van der Waals surface area contributed by atoms with Crippen LogP contribution in [0.15, 0.2) is 53.2 Å². The van der Waals surface area contributed by atoms with Gasteiger partial charge in [-0.25, -0.2) is 0 Å². The molecule has 172 valence electrons. The number of halogens is 3. The standard InChI is InChI=1S/C24H22F3N3O3/c1-14(2)12-15-6-7-16(13-19(15)24(25,26)27)23-28-22(29-33-23)18-4-3-5-20-17(18)8-10-30(20)11-9-21(31)32/h3-8,10,13-14H,9,11-12H2,1-2H3,(H,31,32). The van der Waals surface area contributed by atoms with Crippen LogP contribution in [0.4, 0.5) is 13.2 Å². The summed E-state index contributed by atoms with van der Waals surface area (Å²) in [5, 5.41) is 13.7. The van der Waals surface area contributed by atoms with Gasteiger partial charge in [0, 0.05) is 34.8 Å². The summed E-state index contributed by atoms with van der Waals surface area (Å²) in [6.07, 6.45) is -2.42. The zero-order valence-corrected chi connectivity index (χ0v) is 18.1. The largest absolute Gasteiger partial charge is 0.481 e. The van der Waals surface area contributed by atoms with Gasteiger partial charge in [0.15, 0.2) is 0 Å². The van der Waals surface area contributed by atoms with Crippen molar-refractivity contribution in [3.05, 3.63) is 59.8 Å². The number of hydrogen-bond acceptors (Lipinski definition) is 4. The molecular weight excluding hydrogens is 435 g/mol. The number of carboxylic acid groups (broad SMARTS) is 1. The van der Waals surface area contributed by atoms with E-state index in [1.54, 1.807) is 24.4 Å². The van der Waals surface area contributed by atoms with Crippen molar-refractivity contribution in [3.8, 4) is 22.8 Å². The highest BCUT2D eigenvalue weighted by Gasteiger charge is 2.34. The Labute approximate surface area is 187 Å². The smallest absolute Gasteiger partial charge is 0.416 e. The zero-order valence-electron chi connectivity index (χ0n) is 18.1. The van der Waals surface area contributed by atoms with E-state index in [0.717, 1.165) is 17.0 Å². The van der Waals surface area contributed by atoms with Crippen LogP contribution in [0.1, 0.15) is 31.4 Å². The van der Waals surface area contributed by atoms with Gasteiger partial charge in [0.25, 0.3) is 5.89 Å². The molecule has 0 bridgehead atoms. The summed E-state index contributed by atoms with van der Waals surface area (Å²) in [6.45, 7) is 4.05. The Balaban J connectivity index is 1.70. The molecule has 2 heterocycles. The third kappa shape index (κ3) is 4.76. The van der Waals surface area contributed by atoms with Gasteiger partial charge < -0.3 is 14.2 Å². The number of benzene rings is 2. The number of aryl methyl sites for hydroxylation is 1. The highest BCUT2D eigenvalue weighted by atomic mass is 19.4. The average Bonchev–Trinajstić information content (AvgIpc) is 3.38. The minimum absolute atomic E-state index is 0.00564. The van der Waals surface area contributed by atoms with Crippen molar-refractivity contribution < 1.29 is 27.6 Å². The minimum atomic E-state index is -4.49. The molecule has 0 aliphatic rings. The average molecular weight is 457 g/mol. The van der Waals surface area contributed by atoms with Gasteiger partial charge in [-0.2, -0.15) is 18.2 Å². The maximum Gasteiger partial charge on any atom is 0.416 e. The molecule has 2 aromatic carbocycles. The van der Waals surface area contributed by atoms with Crippen molar-refractivity contribution in [2.75, 3.05) is 0 Å². The lowest BCUT2D eigenvalue weighted by Gasteiger charge is -2.15. The topological polar surface area (TPSA) is 81.2 Å². The number of fused-ring (bicyclic) bond motifs is 1. The fourth-order valence-corrected chi connectivity index (χ4v) is 3.87. The number of nitrogens with zero attached hydrogens (tertiary/aromatic N) is 3. The second kappa shape index (κ2) is 8.73. The van der Waals surface area contributed by atoms with Gasteiger partial charge in [0.05, 0.1) is 12.0 Å². The molecule has 0 spiro atoms. The molecule has 1 N–H and O–H groups in total. The van der Waals surface area contributed by atoms with E-state index in [-0.39, 0.29) is 35.2 Å². The number of alkyl halides is 3. The molecule has 2 aromatic heterocycles. The molecule has 0 unspecified atom stereocenters. The van der Waals surface area contributed by atoms with Crippen molar-refractivity contribution in [2.45, 2.75) is 39.4 Å². The van der Waals surface area contributed by atoms with Gasteiger partial charge in [0.2, 0.25) is 5.82 Å². The Kier molecular flexibility index (Phi) is 5.97. The molecule has 0 radical (unpaired) electrons. The predicted octanol–water partition coefficient (Wildman–Crippen LogP) is 6.05. The SMILES string of the molecule is CC(C)Cc1ccc(-c2nc(-c3cccc4c3ccn4CCC(=O)O)no2)cc1C(F)(F)F. The minimum Gasteiger partial charge on any atom is -0.481 e. The molecule has 0 saturated carbocycles. The van der Waals surface area contributed by atoms with Gasteiger partial charge in [0.1, 0.15) is 0 Å². The van der Waals surface area contributed by atoms with Crippen LogP contribution in [0.5, 0.6) is 0 Å². The molecule has 0 aliphatic heterocycles. The number of carboxylic acids is 1. The van der Waals surface area contributed by atoms with Gasteiger partial charge in [-0.05, 0) is 42.2 Å². The van der Waals surface area contributed by atoms with Crippen LogP contribution < -0.4 is 0 Å². The molecule has 0 saturated heterocycles. The molecule has 4 rings (SSSR count). The highest BCUT2D eigenvalue weighted by Crippen LogP contribution is 2.36. The number of hydrogen-bond donors (Lipinski definition) is 1. The number of carbonyl (C=O) groups is 1. The molecule has 0 fully saturated rings. The summed E-state index contributed by atoms with van der Waals surface area (Å²) in [5.74, 6) is -0.580. The maximum atomic E-state index is 13.6. The Morgan fingerprint density at radius 1 is 1.18 bits per heavy atom. The first kappa shape index (κ1) is 22.6. The fourth-order valence-electron chi connectivity index (χ4n) is 3.87. The number of aromatic nitrogens is 3. The van der Waals surface area contributed by atoms with E-state index in [1.165, 1.54) is 6.07 Å². The van der Waals surface area contributed by atoms with E-state index >= 15 is 0 Å². The molecule has 9 heteroatoms. The van der Waals surface area contributed by atoms with Crippen molar-refractivity contribution in [1.82, 2.24) is 14.7 Å². The normalized spacial score (nSPS) is 12.1. The van der Waals surface area contributed by atoms with Gasteiger partial charge in [-0.15, -0.1) is 0 Å². The Morgan fingerprint density at radius 3 is 2.67 bits per heavy atom. The van der Waals surface area contributed by atoms with Crippen molar-refractivity contribution in [1.29, 1.82) is 0 Å². The summed E-state index contributed by atoms with van der Waals surface area (Å²) >= 11 is 0. The summed E-state index contributed by atoms with van der Waals surface area (Å²) in [5.41, 5.74) is 1.17. The lowest BCUT2D eigenvalue weighted by atomic mass is 9.96. The van der Waals surface area contributed by atoms with Crippen LogP contribution in [-0.2, 0) is 23.9 Å². The van der Waals surface area contributed by atoms with Crippen molar-refractivity contribution in [2.24, 2.45) is 5.92 Å². The predicted molar refractivity (Wildman–Crippen MR) is 116 cm³/mol. The van der Waals surface area contributed by atoms with Crippen LogP contribution in [-0.4, -0.2) is 25.8 Å². The Hall–Kier alpha value is -3.62. The van der Waals surface area contributed by atoms with E-state index in [4.69, 9.17) is 9.63 Å². The molecule has 33 heavy (non-hydrogen) atoms. The molecule has 0 aliphatic carbocycles. The summed E-state index contributed by atoms with van der Waals surface area (Å²) < 4.78 is 48.1. The highest BCUT2D eigenvalue weighted by molar-refractivity contribution is 5.94. The fraction of sp³-hybridized carbons (Fsp3) is 0.292. The first-order valence-corrected chi connectivity index (χ1v) is 10.5. The third-order valence-corrected chi connectivity index (χ3v) is 5.34. The summed E-state index contributed by atoms with van der Waals surface area (Å²) in [6, 6.07) is 11.3. The molecular formula is C24H22F3N3O3. The van der Waals surface area contributed by atoms with Crippen LogP contribution in [0.2, 0.25) is 0 Å². The van der Waals surface area contributed by atoms with E-state index in [1.807, 2.05) is 30.5 Å². The third-order valence-electron chi connectivity index (χ3n) is 5.34. The van der Waals surface area contributed by atoms with Crippen molar-refractivity contribution in [3.63, 3.8) is 0 Å². The second-order valence-corrected chi connectivity index (χ2v) is 8.28. The first-order chi connectivity index (χ1) is 15.6. The van der Waals surface area contributed by atoms with Crippen LogP contribution in [0.3, 0.4) is 0 Å². The maximum absolute atomic E-state index is 13.6. The van der Waals surface area contributed by atoms with E-state index < -0.39 is 17.7 Å². The van der Waals surface area contributed by atoms with Gasteiger partial charge >= 0.3 is 12.1 Å². The Morgan fingerprint density at radius 2 is 1.97 bits per heavy atom. The monoisotopic (exact) mass is 457 g/mol. The van der Waals surface area contributed by atoms with Gasteiger partial charge in [-0.3, -0.25) is 4.79 Å². The lowest BCUT2D eigenvalue weighted by Crippen LogP contribution is -2.11.